The van der Waals surface area contributed by atoms with Crippen molar-refractivity contribution in [2.24, 2.45) is 0 Å². The lowest BCUT2D eigenvalue weighted by Crippen LogP contribution is -2.29. The van der Waals surface area contributed by atoms with Gasteiger partial charge >= 0.3 is 15.6 Å². The summed E-state index contributed by atoms with van der Waals surface area (Å²) >= 11 is 0. The molecule has 0 aromatic rings. The second-order valence-electron chi connectivity index (χ2n) is 5.61. The molecule has 1 aliphatic rings. The lowest BCUT2D eigenvalue weighted by Gasteiger charge is -2.18. The van der Waals surface area contributed by atoms with Crippen molar-refractivity contribution in [2.45, 2.75) is 58.8 Å². The van der Waals surface area contributed by atoms with Crippen molar-refractivity contribution in [1.82, 2.24) is 0 Å². The van der Waals surface area contributed by atoms with Crippen LogP contribution in [0.5, 0.6) is 0 Å². The Hall–Kier alpha value is 0.220. The highest BCUT2D eigenvalue weighted by atomic mass is 31.2. The first kappa shape index (κ1) is 19.2. The monoisotopic (exact) mass is 320 g/mol. The Labute approximate surface area is 112 Å². The minimum Gasteiger partial charge on any atom is -0.303 e. The summed E-state index contributed by atoms with van der Waals surface area (Å²) in [6.45, 7) is 9.86. The smallest absolute Gasteiger partial charge is 0.303 e. The summed E-state index contributed by atoms with van der Waals surface area (Å²) in [5.41, 5.74) is -1.43. The Morgan fingerprint density at radius 1 is 1.32 bits per heavy atom. The molecule has 19 heavy (non-hydrogen) atoms. The van der Waals surface area contributed by atoms with Gasteiger partial charge in [0.25, 0.3) is 0 Å². The maximum absolute atomic E-state index is 10.8. The Morgan fingerprint density at radius 2 is 1.74 bits per heavy atom. The first-order valence-electron chi connectivity index (χ1n) is 5.52. The zero-order valence-electron chi connectivity index (χ0n) is 11.9. The van der Waals surface area contributed by atoms with Crippen molar-refractivity contribution in [2.75, 3.05) is 0 Å². The molecule has 2 unspecified atom stereocenters. The number of phosphoric acid groups is 2. The van der Waals surface area contributed by atoms with Gasteiger partial charge in [0, 0.05) is 0 Å². The molecule has 0 spiro atoms. The summed E-state index contributed by atoms with van der Waals surface area (Å²) in [5.74, 6) is 0. The quantitative estimate of drug-likeness (QED) is 0.628. The number of hydrogen-bond acceptors (Lipinski definition) is 5. The number of rotatable bonds is 1. The van der Waals surface area contributed by atoms with Gasteiger partial charge in [-0.1, -0.05) is 0 Å². The average molecular weight is 320 g/mol. The van der Waals surface area contributed by atoms with E-state index in [9.17, 15) is 9.13 Å². The molecule has 1 heterocycles. The first-order valence-corrected chi connectivity index (χ1v) is 8.55. The van der Waals surface area contributed by atoms with Crippen LogP contribution in [0.2, 0.25) is 0 Å². The number of hydrogen-bond donors (Lipinski definition) is 3. The maximum Gasteiger partial charge on any atom is 0.473 e. The molecule has 8 nitrogen and oxygen atoms in total. The summed E-state index contributed by atoms with van der Waals surface area (Å²) in [6.07, 6.45) is -0.330. The van der Waals surface area contributed by atoms with Crippen molar-refractivity contribution in [3.63, 3.8) is 0 Å². The van der Waals surface area contributed by atoms with E-state index < -0.39 is 26.8 Å². The van der Waals surface area contributed by atoms with Crippen LogP contribution in [0.3, 0.4) is 0 Å². The van der Waals surface area contributed by atoms with Crippen molar-refractivity contribution < 1.29 is 37.4 Å². The molecule has 3 N–H and O–H groups in total. The molecule has 2 atom stereocenters. The van der Waals surface area contributed by atoms with E-state index in [-0.39, 0.29) is 6.10 Å². The van der Waals surface area contributed by atoms with Gasteiger partial charge in [0.15, 0.2) is 0 Å². The lowest BCUT2D eigenvalue weighted by atomic mass is 10.0. The van der Waals surface area contributed by atoms with Crippen LogP contribution in [0.25, 0.3) is 0 Å². The van der Waals surface area contributed by atoms with E-state index in [0.29, 0.717) is 0 Å². The lowest BCUT2D eigenvalue weighted by molar-refractivity contribution is 0.0808. The predicted molar refractivity (Wildman–Crippen MR) is 68.4 cm³/mol. The van der Waals surface area contributed by atoms with Gasteiger partial charge < -0.3 is 14.7 Å². The highest BCUT2D eigenvalue weighted by Crippen LogP contribution is 2.56. The zero-order chi connectivity index (χ0) is 15.7. The standard InChI is InChI=1S/C5H11O4P.C4H11O4P/c1-4-5(2,3)9-10(6,7)8-4;1-4(2,3)8-9(5,6)7/h4H,1-3H3,(H,6,7);1-3H3,(H2,5,6,7). The van der Waals surface area contributed by atoms with Crippen molar-refractivity contribution in [1.29, 1.82) is 0 Å². The van der Waals surface area contributed by atoms with Gasteiger partial charge in [0.05, 0.1) is 11.7 Å². The molecular formula is C9H22O8P2. The van der Waals surface area contributed by atoms with Gasteiger partial charge in [-0.15, -0.1) is 0 Å². The van der Waals surface area contributed by atoms with Crippen LogP contribution in [0.15, 0.2) is 0 Å². The molecule has 0 saturated carbocycles. The predicted octanol–water partition coefficient (Wildman–Crippen LogP) is 2.19. The molecule has 0 radical (unpaired) electrons. The van der Waals surface area contributed by atoms with Crippen molar-refractivity contribution in [3.05, 3.63) is 0 Å². The Bertz CT molecular complexity index is 394. The largest absolute Gasteiger partial charge is 0.473 e. The van der Waals surface area contributed by atoms with Crippen LogP contribution in [0, 0.1) is 0 Å². The molecule has 1 saturated heterocycles. The average Bonchev–Trinajstić information content (AvgIpc) is 2.09. The third kappa shape index (κ3) is 8.89. The molecule has 116 valence electrons. The fourth-order valence-corrected chi connectivity index (χ4v) is 3.23. The van der Waals surface area contributed by atoms with Crippen LogP contribution < -0.4 is 0 Å². The van der Waals surface area contributed by atoms with Gasteiger partial charge in [-0.05, 0) is 41.5 Å². The van der Waals surface area contributed by atoms with E-state index in [4.69, 9.17) is 19.2 Å². The molecule has 1 rings (SSSR count). The van der Waals surface area contributed by atoms with Crippen LogP contribution in [0.1, 0.15) is 41.5 Å². The van der Waals surface area contributed by atoms with Gasteiger partial charge in [0.1, 0.15) is 5.60 Å². The summed E-state index contributed by atoms with van der Waals surface area (Å²) in [5, 5.41) is 0. The Balaban J connectivity index is 0.000000344. The van der Waals surface area contributed by atoms with Crippen LogP contribution in [-0.4, -0.2) is 32.0 Å². The third-order valence-electron chi connectivity index (χ3n) is 2.01. The normalized spacial score (nSPS) is 30.7. The molecule has 0 amide bonds. The minimum absolute atomic E-state index is 0.330. The van der Waals surface area contributed by atoms with Gasteiger partial charge in [-0.3, -0.25) is 13.6 Å². The Kier molecular flexibility index (Phi) is 5.98. The highest BCUT2D eigenvalue weighted by molar-refractivity contribution is 7.47. The van der Waals surface area contributed by atoms with Gasteiger partial charge in [0.2, 0.25) is 0 Å². The maximum atomic E-state index is 10.8. The van der Waals surface area contributed by atoms with Crippen molar-refractivity contribution in [3.8, 4) is 0 Å². The van der Waals surface area contributed by atoms with Gasteiger partial charge in [-0.25, -0.2) is 9.13 Å². The molecule has 1 fully saturated rings. The molecule has 0 aromatic carbocycles. The minimum atomic E-state index is -4.29. The second kappa shape index (κ2) is 5.92. The van der Waals surface area contributed by atoms with Crippen LogP contribution in [0.4, 0.5) is 0 Å². The van der Waals surface area contributed by atoms with E-state index in [0.717, 1.165) is 0 Å². The SMILES string of the molecule is CC(C)(C)OP(=O)(O)O.CC1OP(=O)(O)OC1(C)C. The molecule has 0 aliphatic carbocycles. The zero-order valence-corrected chi connectivity index (χ0v) is 13.6. The van der Waals surface area contributed by atoms with E-state index in [1.165, 1.54) is 0 Å². The Morgan fingerprint density at radius 3 is 1.79 bits per heavy atom. The fourth-order valence-electron chi connectivity index (χ4n) is 1.08. The molecular weight excluding hydrogens is 298 g/mol. The summed E-state index contributed by atoms with van der Waals surface area (Å²) in [7, 11) is -8.01. The third-order valence-corrected chi connectivity index (χ3v) is 4.08. The van der Waals surface area contributed by atoms with Crippen LogP contribution >= 0.6 is 15.6 Å². The number of phosphoric ester groups is 2. The molecule has 0 bridgehead atoms. The summed E-state index contributed by atoms with van der Waals surface area (Å²) < 4.78 is 34.6. The second-order valence-corrected chi connectivity index (χ2v) is 8.10. The molecule has 0 aromatic heterocycles. The first-order chi connectivity index (χ1) is 8.04. The van der Waals surface area contributed by atoms with E-state index in [1.807, 2.05) is 0 Å². The fraction of sp³-hybridized carbons (Fsp3) is 1.00. The molecule has 10 heteroatoms. The summed E-state index contributed by atoms with van der Waals surface area (Å²) in [4.78, 5) is 25.3. The van der Waals surface area contributed by atoms with Crippen molar-refractivity contribution >= 4 is 15.6 Å². The topological polar surface area (TPSA) is 123 Å². The van der Waals surface area contributed by atoms with E-state index in [2.05, 4.69) is 9.05 Å². The molecule has 1 aliphatic heterocycles. The van der Waals surface area contributed by atoms with Gasteiger partial charge in [-0.2, -0.15) is 0 Å². The highest BCUT2D eigenvalue weighted by Gasteiger charge is 2.46. The van der Waals surface area contributed by atoms with E-state index in [1.54, 1.807) is 41.5 Å². The van der Waals surface area contributed by atoms with Crippen LogP contribution in [-0.2, 0) is 22.7 Å². The van der Waals surface area contributed by atoms with E-state index >= 15 is 0 Å². The summed E-state index contributed by atoms with van der Waals surface area (Å²) in [6, 6.07) is 0.